The number of ether oxygens (including phenoxy) is 3. The Morgan fingerprint density at radius 2 is 0.662 bits per heavy atom. The van der Waals surface area contributed by atoms with Gasteiger partial charge in [0.05, 0.1) is 6.61 Å². The summed E-state index contributed by atoms with van der Waals surface area (Å²) < 4.78 is 17.5. The number of carbonyl (C=O) groups is 2. The molecular weight excluding hydrogens is 837 g/mol. The Morgan fingerprint density at radius 1 is 0.338 bits per heavy atom. The van der Waals surface area contributed by atoms with Gasteiger partial charge in [-0.2, -0.15) is 0 Å². The van der Waals surface area contributed by atoms with Crippen LogP contribution in [-0.4, -0.2) is 37.9 Å². The van der Waals surface area contributed by atoms with Gasteiger partial charge in [-0.3, -0.25) is 9.59 Å². The molecule has 0 aliphatic heterocycles. The molecule has 5 nitrogen and oxygen atoms in total. The van der Waals surface area contributed by atoms with Crippen LogP contribution in [0.1, 0.15) is 265 Å². The van der Waals surface area contributed by atoms with Crippen LogP contribution in [0, 0.1) is 0 Å². The van der Waals surface area contributed by atoms with Crippen LogP contribution in [0.2, 0.25) is 0 Å². The van der Waals surface area contributed by atoms with Crippen molar-refractivity contribution in [3.05, 3.63) is 97.2 Å². The van der Waals surface area contributed by atoms with Gasteiger partial charge in [-0.25, -0.2) is 0 Å². The van der Waals surface area contributed by atoms with Crippen LogP contribution in [0.3, 0.4) is 0 Å². The average Bonchev–Trinajstić information content (AvgIpc) is 3.34. The van der Waals surface area contributed by atoms with Gasteiger partial charge in [-0.05, 0) is 116 Å². The first-order valence-electron chi connectivity index (χ1n) is 28.8. The van der Waals surface area contributed by atoms with Crippen LogP contribution >= 0.6 is 0 Å². The van der Waals surface area contributed by atoms with Crippen molar-refractivity contribution in [2.24, 2.45) is 0 Å². The van der Waals surface area contributed by atoms with E-state index in [0.717, 1.165) is 109 Å². The number of esters is 2. The SMILES string of the molecule is CC/C=C\C/C=C\C/C=C\C/C=C\CCCCCCCOCC(COC(=O)CCCCCCCCC/C=C\C/C=C\C/C=C\CC)OC(=O)CCCCCCCCC/C=C\CCCCCCCC. The molecule has 0 aromatic carbocycles. The normalized spacial score (nSPS) is 12.9. The minimum Gasteiger partial charge on any atom is -0.462 e. The lowest BCUT2D eigenvalue weighted by atomic mass is 10.1. The van der Waals surface area contributed by atoms with Crippen LogP contribution in [0.4, 0.5) is 0 Å². The predicted molar refractivity (Wildman–Crippen MR) is 297 cm³/mol. The molecule has 0 aliphatic rings. The second-order valence-electron chi connectivity index (χ2n) is 18.8. The van der Waals surface area contributed by atoms with Crippen molar-refractivity contribution < 1.29 is 23.8 Å². The van der Waals surface area contributed by atoms with Crippen molar-refractivity contribution in [1.29, 1.82) is 0 Å². The summed E-state index contributed by atoms with van der Waals surface area (Å²) in [5.74, 6) is -0.422. The zero-order chi connectivity index (χ0) is 49.2. The highest BCUT2D eigenvalue weighted by Crippen LogP contribution is 2.14. The summed E-state index contributed by atoms with van der Waals surface area (Å²) in [7, 11) is 0. The van der Waals surface area contributed by atoms with Crippen molar-refractivity contribution in [3.63, 3.8) is 0 Å². The Bertz CT molecular complexity index is 1300. The maximum Gasteiger partial charge on any atom is 0.306 e. The molecule has 0 spiro atoms. The predicted octanol–water partition coefficient (Wildman–Crippen LogP) is 19.8. The molecule has 68 heavy (non-hydrogen) atoms. The summed E-state index contributed by atoms with van der Waals surface area (Å²) in [5.41, 5.74) is 0. The average molecular weight is 946 g/mol. The fourth-order valence-corrected chi connectivity index (χ4v) is 7.86. The zero-order valence-corrected chi connectivity index (χ0v) is 44.8. The number of rotatable bonds is 52. The van der Waals surface area contributed by atoms with Gasteiger partial charge in [0.2, 0.25) is 0 Å². The van der Waals surface area contributed by atoms with E-state index in [1.165, 1.54) is 122 Å². The lowest BCUT2D eigenvalue weighted by Crippen LogP contribution is -2.30. The number of unbranched alkanes of at least 4 members (excludes halogenated alkanes) is 25. The fourth-order valence-electron chi connectivity index (χ4n) is 7.86. The Hall–Kier alpha value is -3.18. The molecule has 0 rings (SSSR count). The number of hydrogen-bond acceptors (Lipinski definition) is 5. The Kier molecular flexibility index (Phi) is 55.4. The zero-order valence-electron chi connectivity index (χ0n) is 44.8. The van der Waals surface area contributed by atoms with Crippen molar-refractivity contribution in [2.45, 2.75) is 271 Å². The van der Waals surface area contributed by atoms with E-state index in [1.54, 1.807) is 0 Å². The smallest absolute Gasteiger partial charge is 0.306 e. The Labute approximate surface area is 422 Å². The molecule has 1 atom stereocenters. The summed E-state index contributed by atoms with van der Waals surface area (Å²) in [6.45, 7) is 7.56. The first-order chi connectivity index (χ1) is 33.6. The van der Waals surface area contributed by atoms with Gasteiger partial charge in [-0.15, -0.1) is 0 Å². The second-order valence-corrected chi connectivity index (χ2v) is 18.8. The van der Waals surface area contributed by atoms with E-state index in [0.29, 0.717) is 19.4 Å². The summed E-state index contributed by atoms with van der Waals surface area (Å²) in [5, 5.41) is 0. The van der Waals surface area contributed by atoms with Crippen LogP contribution in [0.25, 0.3) is 0 Å². The van der Waals surface area contributed by atoms with E-state index in [9.17, 15) is 9.59 Å². The van der Waals surface area contributed by atoms with Gasteiger partial charge in [-0.1, -0.05) is 234 Å². The molecule has 5 heteroatoms. The molecule has 0 amide bonds. The molecule has 0 aliphatic carbocycles. The third-order valence-corrected chi connectivity index (χ3v) is 12.1. The summed E-state index contributed by atoms with van der Waals surface area (Å²) in [4.78, 5) is 25.5. The van der Waals surface area contributed by atoms with Crippen LogP contribution in [0.15, 0.2) is 97.2 Å². The molecule has 390 valence electrons. The van der Waals surface area contributed by atoms with E-state index in [2.05, 4.69) is 118 Å². The van der Waals surface area contributed by atoms with Gasteiger partial charge in [0, 0.05) is 19.4 Å². The van der Waals surface area contributed by atoms with Crippen molar-refractivity contribution in [2.75, 3.05) is 19.8 Å². The first kappa shape index (κ1) is 64.8. The van der Waals surface area contributed by atoms with E-state index in [-0.39, 0.29) is 25.2 Å². The number of carbonyl (C=O) groups excluding carboxylic acids is 2. The van der Waals surface area contributed by atoms with Crippen molar-refractivity contribution >= 4 is 11.9 Å². The lowest BCUT2D eigenvalue weighted by molar-refractivity contribution is -0.163. The Balaban J connectivity index is 4.35. The van der Waals surface area contributed by atoms with E-state index >= 15 is 0 Å². The third kappa shape index (κ3) is 55.4. The molecule has 0 heterocycles. The van der Waals surface area contributed by atoms with Gasteiger partial charge in [0.15, 0.2) is 6.10 Å². The molecule has 0 saturated carbocycles. The first-order valence-corrected chi connectivity index (χ1v) is 28.8. The molecule has 0 fully saturated rings. The van der Waals surface area contributed by atoms with E-state index in [4.69, 9.17) is 14.2 Å². The third-order valence-electron chi connectivity index (χ3n) is 12.1. The molecule has 0 aromatic heterocycles. The highest BCUT2D eigenvalue weighted by Gasteiger charge is 2.17. The summed E-state index contributed by atoms with van der Waals surface area (Å²) in [6, 6.07) is 0. The maximum absolute atomic E-state index is 12.9. The summed E-state index contributed by atoms with van der Waals surface area (Å²) in [6.07, 6.45) is 78.5. The molecule has 1 unspecified atom stereocenters. The highest BCUT2D eigenvalue weighted by atomic mass is 16.6. The largest absolute Gasteiger partial charge is 0.462 e. The second kappa shape index (κ2) is 58.1. The standard InChI is InChI=1S/C63H108O5/c1-4-7-10-13-16-19-22-25-28-31-34-37-40-43-46-49-52-55-58-66-59-61(68-63(65)57-54-51-48-45-42-39-36-33-30-27-24-21-18-15-12-9-6-3)60-67-62(64)56-53-50-47-44-41-38-35-32-29-26-23-20-17-14-11-8-5-2/h7-8,10-11,16-17,19-20,25-30,34,37,61H,4-6,9,12-15,18,21-24,31-33,35-36,38-60H2,1-3H3/b10-7-,11-8-,19-16-,20-17-,28-25-,29-26-,30-27-,37-34-. The van der Waals surface area contributed by atoms with Crippen molar-refractivity contribution in [3.8, 4) is 0 Å². The number of allylic oxidation sites excluding steroid dienone is 16. The van der Waals surface area contributed by atoms with Gasteiger partial charge in [0.25, 0.3) is 0 Å². The fraction of sp³-hybridized carbons (Fsp3) is 0.714. The minimum atomic E-state index is -0.559. The monoisotopic (exact) mass is 945 g/mol. The summed E-state index contributed by atoms with van der Waals surface area (Å²) >= 11 is 0. The lowest BCUT2D eigenvalue weighted by Gasteiger charge is -2.18. The van der Waals surface area contributed by atoms with Crippen LogP contribution in [0.5, 0.6) is 0 Å². The molecule has 0 saturated heterocycles. The molecular formula is C63H108O5. The van der Waals surface area contributed by atoms with Gasteiger partial charge >= 0.3 is 11.9 Å². The van der Waals surface area contributed by atoms with Crippen LogP contribution in [-0.2, 0) is 23.8 Å². The van der Waals surface area contributed by atoms with Crippen molar-refractivity contribution in [1.82, 2.24) is 0 Å². The van der Waals surface area contributed by atoms with Gasteiger partial charge in [0.1, 0.15) is 6.61 Å². The van der Waals surface area contributed by atoms with Crippen LogP contribution < -0.4 is 0 Å². The maximum atomic E-state index is 12.9. The molecule has 0 N–H and O–H groups in total. The molecule has 0 aromatic rings. The van der Waals surface area contributed by atoms with E-state index in [1.807, 2.05) is 0 Å². The highest BCUT2D eigenvalue weighted by molar-refractivity contribution is 5.70. The molecule has 0 bridgehead atoms. The quantitative estimate of drug-likeness (QED) is 0.0345. The van der Waals surface area contributed by atoms with Gasteiger partial charge < -0.3 is 14.2 Å². The number of hydrogen-bond donors (Lipinski definition) is 0. The van der Waals surface area contributed by atoms with E-state index < -0.39 is 6.10 Å². The minimum absolute atomic E-state index is 0.0666. The topological polar surface area (TPSA) is 61.8 Å². The Morgan fingerprint density at radius 3 is 1.07 bits per heavy atom. The molecule has 0 radical (unpaired) electrons.